The minimum atomic E-state index is -2.30. The maximum absolute atomic E-state index is 2.71. The highest BCUT2D eigenvalue weighted by atomic mass is 31.8. The van der Waals surface area contributed by atoms with E-state index in [1.54, 1.807) is 31.1 Å². The second-order valence-electron chi connectivity index (χ2n) is 10.7. The molecular formula is C37H35PSi3. The van der Waals surface area contributed by atoms with Crippen LogP contribution in [0.3, 0.4) is 0 Å². The fourth-order valence-electron chi connectivity index (χ4n) is 6.22. The minimum absolute atomic E-state index is 0.474. The first kappa shape index (κ1) is 27.6. The van der Waals surface area contributed by atoms with Crippen molar-refractivity contribution in [2.24, 2.45) is 0 Å². The summed E-state index contributed by atoms with van der Waals surface area (Å²) in [5.74, 6) is 0. The van der Waals surface area contributed by atoms with E-state index in [0.717, 1.165) is 0 Å². The third-order valence-electron chi connectivity index (χ3n) is 8.21. The molecule has 41 heavy (non-hydrogen) atoms. The fraction of sp³-hybridized carbons (Fsp3) is 0.0270. The predicted octanol–water partition coefficient (Wildman–Crippen LogP) is 4.93. The summed E-state index contributed by atoms with van der Waals surface area (Å²) in [5, 5.41) is 9.40. The van der Waals surface area contributed by atoms with Crippen LogP contribution < -0.4 is 31.1 Å². The molecule has 0 aliphatic carbocycles. The summed E-state index contributed by atoms with van der Waals surface area (Å²) in [7, 11) is -5.78. The molecule has 200 valence electrons. The second kappa shape index (κ2) is 12.9. The van der Waals surface area contributed by atoms with Gasteiger partial charge in [-0.1, -0.05) is 220 Å². The van der Waals surface area contributed by atoms with Crippen molar-refractivity contribution >= 4 is 62.4 Å². The first-order valence-corrected chi connectivity index (χ1v) is 24.6. The zero-order valence-corrected chi connectivity index (χ0v) is 27.6. The lowest BCUT2D eigenvalue weighted by Gasteiger charge is -2.46. The molecular weight excluding hydrogens is 560 g/mol. The van der Waals surface area contributed by atoms with E-state index in [0.29, 0.717) is 0 Å². The molecule has 4 heteroatoms. The normalized spacial score (nSPS) is 11.7. The molecule has 6 rings (SSSR count). The van der Waals surface area contributed by atoms with Gasteiger partial charge in [0.2, 0.25) is 0 Å². The lowest BCUT2D eigenvalue weighted by molar-refractivity contribution is 1.71. The molecule has 0 bridgehead atoms. The fourth-order valence-corrected chi connectivity index (χ4v) is 56.1. The zero-order chi connectivity index (χ0) is 27.9. The molecule has 0 fully saturated rings. The van der Waals surface area contributed by atoms with E-state index in [9.17, 15) is 0 Å². The Balaban J connectivity index is 1.74. The number of hydrogen-bond acceptors (Lipinski definition) is 0. The van der Waals surface area contributed by atoms with E-state index in [-0.39, 0.29) is 0 Å². The summed E-state index contributed by atoms with van der Waals surface area (Å²) in [6, 6.07) is 69.5. The van der Waals surface area contributed by atoms with Crippen molar-refractivity contribution in [2.45, 2.75) is 6.55 Å². The Kier molecular flexibility index (Phi) is 8.69. The van der Waals surface area contributed by atoms with Crippen LogP contribution >= 0.6 is 6.57 Å². The van der Waals surface area contributed by atoms with Crippen LogP contribution in [0.2, 0.25) is 6.55 Å². The standard InChI is InChI=1S/C37H35PSi3/c1-41(36-28-16-6-17-29-36,37-30-18-7-19-31-37)38(39(32-20-8-2-9-21-32)33-22-10-3-11-23-33)40(34-24-12-4-13-25-34)35-26-14-5-15-27-35/h2-31,39-40H,1H3. The van der Waals surface area contributed by atoms with E-state index < -0.39 is 31.2 Å². The lowest BCUT2D eigenvalue weighted by atomic mass is 10.4. The summed E-state index contributed by atoms with van der Waals surface area (Å²) < 4.78 is 0. The van der Waals surface area contributed by atoms with Gasteiger partial charge in [-0.05, 0) is 0 Å². The molecule has 6 aromatic rings. The number of benzene rings is 6. The molecule has 0 radical (unpaired) electrons. The maximum Gasteiger partial charge on any atom is 0.134 e. The Labute approximate surface area is 249 Å². The van der Waals surface area contributed by atoms with Gasteiger partial charge in [-0.3, -0.25) is 0 Å². The molecule has 0 spiro atoms. The van der Waals surface area contributed by atoms with E-state index in [4.69, 9.17) is 0 Å². The van der Waals surface area contributed by atoms with Gasteiger partial charge in [0.1, 0.15) is 24.7 Å². The highest BCUT2D eigenvalue weighted by molar-refractivity contribution is 8.38. The maximum atomic E-state index is 2.71. The van der Waals surface area contributed by atoms with Crippen LogP contribution in [0.1, 0.15) is 0 Å². The van der Waals surface area contributed by atoms with E-state index >= 15 is 0 Å². The van der Waals surface area contributed by atoms with Crippen molar-refractivity contribution in [1.82, 2.24) is 0 Å². The quantitative estimate of drug-likeness (QED) is 0.165. The summed E-state index contributed by atoms with van der Waals surface area (Å²) in [5.41, 5.74) is 0. The van der Waals surface area contributed by atoms with Crippen molar-refractivity contribution in [3.8, 4) is 0 Å². The number of hydrogen-bond donors (Lipinski definition) is 0. The molecule has 0 aromatic heterocycles. The molecule has 0 saturated carbocycles. The summed E-state index contributed by atoms with van der Waals surface area (Å²) >= 11 is 0. The molecule has 0 aliphatic heterocycles. The molecule has 6 aromatic carbocycles. The molecule has 0 saturated heterocycles. The average molecular weight is 595 g/mol. The van der Waals surface area contributed by atoms with Crippen molar-refractivity contribution < 1.29 is 0 Å². The Hall–Kier alpha value is -3.60. The minimum Gasteiger partial charge on any atom is -0.119 e. The van der Waals surface area contributed by atoms with Gasteiger partial charge in [0.15, 0.2) is 0 Å². The van der Waals surface area contributed by atoms with Crippen molar-refractivity contribution in [1.29, 1.82) is 0 Å². The van der Waals surface area contributed by atoms with Gasteiger partial charge in [0, 0.05) is 0 Å². The van der Waals surface area contributed by atoms with Gasteiger partial charge in [0.05, 0.1) is 0 Å². The highest BCUT2D eigenvalue weighted by Crippen LogP contribution is 2.50. The first-order chi connectivity index (χ1) is 20.3. The SMILES string of the molecule is C[Si](c1ccccc1)(c1ccccc1)P([SiH](c1ccccc1)c1ccccc1)[SiH](c1ccccc1)c1ccccc1. The topological polar surface area (TPSA) is 0 Å². The zero-order valence-electron chi connectivity index (χ0n) is 23.4. The van der Waals surface area contributed by atoms with Crippen LogP contribution in [0.25, 0.3) is 0 Å². The van der Waals surface area contributed by atoms with Crippen molar-refractivity contribution in [3.63, 3.8) is 0 Å². The van der Waals surface area contributed by atoms with Crippen LogP contribution in [0.5, 0.6) is 0 Å². The van der Waals surface area contributed by atoms with Gasteiger partial charge in [-0.25, -0.2) is 0 Å². The average Bonchev–Trinajstić information content (AvgIpc) is 3.07. The van der Waals surface area contributed by atoms with Crippen molar-refractivity contribution in [2.75, 3.05) is 0 Å². The molecule has 0 atom stereocenters. The highest BCUT2D eigenvalue weighted by Gasteiger charge is 2.50. The molecule has 0 N–H and O–H groups in total. The van der Waals surface area contributed by atoms with Crippen LogP contribution in [0.4, 0.5) is 0 Å². The van der Waals surface area contributed by atoms with Gasteiger partial charge >= 0.3 is 0 Å². The summed E-state index contributed by atoms with van der Waals surface area (Å²) in [4.78, 5) is 0. The Bertz CT molecular complexity index is 1430. The molecule has 0 aliphatic rings. The van der Waals surface area contributed by atoms with E-state index in [2.05, 4.69) is 189 Å². The lowest BCUT2D eigenvalue weighted by Crippen LogP contribution is -2.65. The van der Waals surface area contributed by atoms with Crippen molar-refractivity contribution in [3.05, 3.63) is 182 Å². The third kappa shape index (κ3) is 5.77. The largest absolute Gasteiger partial charge is 0.134 e. The molecule has 0 nitrogen and oxygen atoms in total. The first-order valence-electron chi connectivity index (χ1n) is 14.4. The van der Waals surface area contributed by atoms with Gasteiger partial charge < -0.3 is 0 Å². The third-order valence-corrected chi connectivity index (χ3v) is 48.2. The van der Waals surface area contributed by atoms with Crippen LogP contribution in [-0.2, 0) is 0 Å². The van der Waals surface area contributed by atoms with Crippen LogP contribution in [0.15, 0.2) is 182 Å². The van der Waals surface area contributed by atoms with Crippen LogP contribution in [-0.4, -0.2) is 24.7 Å². The van der Waals surface area contributed by atoms with E-state index in [1.807, 2.05) is 0 Å². The Morgan fingerprint density at radius 3 is 0.805 bits per heavy atom. The second-order valence-corrected chi connectivity index (χ2v) is 34.6. The Morgan fingerprint density at radius 2 is 0.561 bits per heavy atom. The summed E-state index contributed by atoms with van der Waals surface area (Å²) in [6.07, 6.45) is 0. The van der Waals surface area contributed by atoms with Gasteiger partial charge in [0.25, 0.3) is 0 Å². The molecule has 0 heterocycles. The smallest absolute Gasteiger partial charge is 0.119 e. The molecule has 0 amide bonds. The predicted molar refractivity (Wildman–Crippen MR) is 189 cm³/mol. The van der Waals surface area contributed by atoms with Crippen LogP contribution in [0, 0.1) is 0 Å². The summed E-state index contributed by atoms with van der Waals surface area (Å²) in [6.45, 7) is 2.24. The van der Waals surface area contributed by atoms with Gasteiger partial charge in [-0.2, -0.15) is 0 Å². The number of rotatable bonds is 9. The monoisotopic (exact) mass is 594 g/mol. The molecule has 0 unspecified atom stereocenters. The van der Waals surface area contributed by atoms with E-state index in [1.165, 1.54) is 0 Å². The Morgan fingerprint density at radius 1 is 0.341 bits per heavy atom. The van der Waals surface area contributed by atoms with Gasteiger partial charge in [-0.15, -0.1) is 6.57 Å².